The van der Waals surface area contributed by atoms with Gasteiger partial charge in [0, 0.05) is 19.7 Å². The molecule has 0 saturated carbocycles. The number of rotatable bonds is 5. The quantitative estimate of drug-likeness (QED) is 0.861. The van der Waals surface area contributed by atoms with E-state index in [1.165, 1.54) is 38.4 Å². The van der Waals surface area contributed by atoms with E-state index in [0.717, 1.165) is 4.31 Å². The highest BCUT2D eigenvalue weighted by molar-refractivity contribution is 7.89. The van der Waals surface area contributed by atoms with E-state index in [2.05, 4.69) is 15.5 Å². The molecular weight excluding hydrogens is 308 g/mol. The van der Waals surface area contributed by atoms with Gasteiger partial charge in [0.25, 0.3) is 5.91 Å². The Morgan fingerprint density at radius 1 is 1.27 bits per heavy atom. The number of nitrogens with one attached hydrogen (secondary N) is 1. The molecular formula is C13H16N4O4S. The fraction of sp³-hybridized carbons (Fsp3) is 0.308. The minimum atomic E-state index is -3.50. The van der Waals surface area contributed by atoms with Gasteiger partial charge < -0.3 is 9.84 Å². The summed E-state index contributed by atoms with van der Waals surface area (Å²) in [5.74, 6) is 0.435. The van der Waals surface area contributed by atoms with Crippen molar-refractivity contribution in [2.75, 3.05) is 14.1 Å². The van der Waals surface area contributed by atoms with Crippen LogP contribution in [0.5, 0.6) is 0 Å². The SMILES string of the molecule is Cc1noc(CNC(=O)c2ccc(S(=O)(=O)N(C)C)cc2)n1. The van der Waals surface area contributed by atoms with Crippen LogP contribution in [0.15, 0.2) is 33.7 Å². The predicted octanol–water partition coefficient (Wildman–Crippen LogP) is 0.558. The van der Waals surface area contributed by atoms with Crippen molar-refractivity contribution in [2.45, 2.75) is 18.4 Å². The molecule has 0 fully saturated rings. The fourth-order valence-electron chi connectivity index (χ4n) is 1.66. The van der Waals surface area contributed by atoms with Crippen molar-refractivity contribution in [3.8, 4) is 0 Å². The largest absolute Gasteiger partial charge is 0.343 e. The van der Waals surface area contributed by atoms with Crippen LogP contribution in [0.3, 0.4) is 0 Å². The molecule has 0 saturated heterocycles. The Labute approximate surface area is 128 Å². The molecule has 0 radical (unpaired) electrons. The number of aryl methyl sites for hydroxylation is 1. The van der Waals surface area contributed by atoms with Gasteiger partial charge in [0.15, 0.2) is 5.82 Å². The molecule has 1 N–H and O–H groups in total. The summed E-state index contributed by atoms with van der Waals surface area (Å²) in [6.45, 7) is 1.79. The number of hydrogen-bond acceptors (Lipinski definition) is 6. The summed E-state index contributed by atoms with van der Waals surface area (Å²) in [4.78, 5) is 16.1. The summed E-state index contributed by atoms with van der Waals surface area (Å²) in [5.41, 5.74) is 0.342. The number of hydrogen-bond donors (Lipinski definition) is 1. The van der Waals surface area contributed by atoms with Crippen molar-refractivity contribution in [1.29, 1.82) is 0 Å². The van der Waals surface area contributed by atoms with Crippen LogP contribution in [0.4, 0.5) is 0 Å². The van der Waals surface area contributed by atoms with Gasteiger partial charge in [0.1, 0.15) is 0 Å². The summed E-state index contributed by atoms with van der Waals surface area (Å²) in [5, 5.41) is 6.23. The first-order chi connectivity index (χ1) is 10.3. The molecule has 0 aliphatic carbocycles. The van der Waals surface area contributed by atoms with Gasteiger partial charge in [-0.05, 0) is 31.2 Å². The van der Waals surface area contributed by atoms with Crippen molar-refractivity contribution in [2.24, 2.45) is 0 Å². The molecule has 2 aromatic rings. The first kappa shape index (κ1) is 16.1. The van der Waals surface area contributed by atoms with E-state index in [0.29, 0.717) is 17.3 Å². The van der Waals surface area contributed by atoms with Crippen LogP contribution in [-0.4, -0.2) is 42.9 Å². The van der Waals surface area contributed by atoms with Crippen molar-refractivity contribution in [3.05, 3.63) is 41.5 Å². The molecule has 22 heavy (non-hydrogen) atoms. The molecule has 1 heterocycles. The van der Waals surface area contributed by atoms with Crippen molar-refractivity contribution < 1.29 is 17.7 Å². The minimum absolute atomic E-state index is 0.109. The van der Waals surface area contributed by atoms with E-state index < -0.39 is 10.0 Å². The highest BCUT2D eigenvalue weighted by Gasteiger charge is 2.17. The zero-order chi connectivity index (χ0) is 16.3. The van der Waals surface area contributed by atoms with Gasteiger partial charge in [-0.3, -0.25) is 4.79 Å². The van der Waals surface area contributed by atoms with Gasteiger partial charge in [-0.2, -0.15) is 4.98 Å². The van der Waals surface area contributed by atoms with E-state index in [9.17, 15) is 13.2 Å². The van der Waals surface area contributed by atoms with Gasteiger partial charge in [0.2, 0.25) is 15.9 Å². The molecule has 1 aromatic heterocycles. The third-order valence-corrected chi connectivity index (χ3v) is 4.69. The number of amides is 1. The molecule has 0 aliphatic heterocycles. The molecule has 1 aromatic carbocycles. The molecule has 2 rings (SSSR count). The van der Waals surface area contributed by atoms with Gasteiger partial charge in [-0.15, -0.1) is 0 Å². The first-order valence-corrected chi connectivity index (χ1v) is 7.84. The second kappa shape index (κ2) is 6.24. The number of carbonyl (C=O) groups excluding carboxylic acids is 1. The number of benzene rings is 1. The average Bonchev–Trinajstić information content (AvgIpc) is 2.90. The standard InChI is InChI=1S/C13H16N4O4S/c1-9-15-12(21-16-9)8-14-13(18)10-4-6-11(7-5-10)22(19,20)17(2)3/h4-7H,8H2,1-3H3,(H,14,18). The van der Waals surface area contributed by atoms with Gasteiger partial charge in [-0.25, -0.2) is 12.7 Å². The number of carbonyl (C=O) groups is 1. The molecule has 0 aliphatic rings. The Kier molecular flexibility index (Phi) is 4.57. The smallest absolute Gasteiger partial charge is 0.251 e. The van der Waals surface area contributed by atoms with E-state index in [4.69, 9.17) is 4.52 Å². The average molecular weight is 324 g/mol. The van der Waals surface area contributed by atoms with Crippen LogP contribution < -0.4 is 5.32 Å². The second-order valence-corrected chi connectivity index (χ2v) is 6.88. The molecule has 0 bridgehead atoms. The lowest BCUT2D eigenvalue weighted by molar-refractivity contribution is 0.0946. The molecule has 0 spiro atoms. The van der Waals surface area contributed by atoms with Crippen LogP contribution >= 0.6 is 0 Å². The van der Waals surface area contributed by atoms with Gasteiger partial charge >= 0.3 is 0 Å². The maximum atomic E-state index is 12.0. The van der Waals surface area contributed by atoms with Gasteiger partial charge in [0.05, 0.1) is 11.4 Å². The highest BCUT2D eigenvalue weighted by Crippen LogP contribution is 2.14. The number of nitrogens with zero attached hydrogens (tertiary/aromatic N) is 3. The second-order valence-electron chi connectivity index (χ2n) is 4.73. The summed E-state index contributed by atoms with van der Waals surface area (Å²) in [6, 6.07) is 5.68. The van der Waals surface area contributed by atoms with Crippen LogP contribution in [-0.2, 0) is 16.6 Å². The summed E-state index contributed by atoms with van der Waals surface area (Å²) < 4.78 is 29.8. The van der Waals surface area contributed by atoms with Crippen molar-refractivity contribution in [3.63, 3.8) is 0 Å². The summed E-state index contributed by atoms with van der Waals surface area (Å²) in [7, 11) is -0.610. The Bertz CT molecular complexity index is 766. The first-order valence-electron chi connectivity index (χ1n) is 6.40. The fourth-order valence-corrected chi connectivity index (χ4v) is 2.56. The lowest BCUT2D eigenvalue weighted by Gasteiger charge is -2.11. The molecule has 0 unspecified atom stereocenters. The van der Waals surface area contributed by atoms with E-state index >= 15 is 0 Å². The lowest BCUT2D eigenvalue weighted by Crippen LogP contribution is -2.24. The molecule has 9 heteroatoms. The van der Waals surface area contributed by atoms with E-state index in [1.54, 1.807) is 6.92 Å². The van der Waals surface area contributed by atoms with Crippen LogP contribution in [0, 0.1) is 6.92 Å². The normalized spacial score (nSPS) is 11.6. The third-order valence-electron chi connectivity index (χ3n) is 2.86. The highest BCUT2D eigenvalue weighted by atomic mass is 32.2. The minimum Gasteiger partial charge on any atom is -0.343 e. The van der Waals surface area contributed by atoms with E-state index in [-0.39, 0.29) is 17.3 Å². The Morgan fingerprint density at radius 2 is 1.91 bits per heavy atom. The molecule has 118 valence electrons. The summed E-state index contributed by atoms with van der Waals surface area (Å²) >= 11 is 0. The maximum absolute atomic E-state index is 12.0. The number of aromatic nitrogens is 2. The zero-order valence-corrected chi connectivity index (χ0v) is 13.2. The Morgan fingerprint density at radius 3 is 2.41 bits per heavy atom. The monoisotopic (exact) mass is 324 g/mol. The van der Waals surface area contributed by atoms with Crippen LogP contribution in [0.25, 0.3) is 0 Å². The molecule has 0 atom stereocenters. The molecule has 1 amide bonds. The number of sulfonamides is 1. The lowest BCUT2D eigenvalue weighted by atomic mass is 10.2. The third kappa shape index (κ3) is 3.49. The predicted molar refractivity (Wildman–Crippen MR) is 77.5 cm³/mol. The van der Waals surface area contributed by atoms with Crippen LogP contribution in [0.2, 0.25) is 0 Å². The summed E-state index contributed by atoms with van der Waals surface area (Å²) in [6.07, 6.45) is 0. The Hall–Kier alpha value is -2.26. The van der Waals surface area contributed by atoms with Crippen molar-refractivity contribution in [1.82, 2.24) is 19.8 Å². The maximum Gasteiger partial charge on any atom is 0.251 e. The zero-order valence-electron chi connectivity index (χ0n) is 12.4. The molecule has 8 nitrogen and oxygen atoms in total. The van der Waals surface area contributed by atoms with Crippen LogP contribution in [0.1, 0.15) is 22.1 Å². The van der Waals surface area contributed by atoms with Gasteiger partial charge in [-0.1, -0.05) is 5.16 Å². The Balaban J connectivity index is 2.05. The van der Waals surface area contributed by atoms with Crippen molar-refractivity contribution >= 4 is 15.9 Å². The topological polar surface area (TPSA) is 105 Å². The van der Waals surface area contributed by atoms with E-state index in [1.807, 2.05) is 0 Å².